The van der Waals surface area contributed by atoms with E-state index in [4.69, 9.17) is 58.9 Å². The Balaban J connectivity index is 0.000000515. The van der Waals surface area contributed by atoms with E-state index in [-0.39, 0.29) is 95.6 Å². The quantitative estimate of drug-likeness (QED) is 0.0600. The molecule has 0 aliphatic heterocycles. The molecule has 3 N–H and O–H groups in total. The highest BCUT2D eigenvalue weighted by atomic mass is 35.5. The molecule has 0 saturated carbocycles. The Morgan fingerprint density at radius 1 is 0.569 bits per heavy atom. The van der Waals surface area contributed by atoms with Crippen LogP contribution in [0, 0.1) is 30.3 Å². The van der Waals surface area contributed by atoms with Crippen LogP contribution < -0.4 is 10.6 Å². The number of rotatable bonds is 20. The third-order valence-corrected chi connectivity index (χ3v) is 8.25. The summed E-state index contributed by atoms with van der Waals surface area (Å²) in [4.78, 5) is 122. The molecule has 0 aliphatic rings. The van der Waals surface area contributed by atoms with E-state index >= 15 is 0 Å². The molecule has 0 unspecified atom stereocenters. The van der Waals surface area contributed by atoms with E-state index in [0.29, 0.717) is 0 Å². The normalized spacial score (nSPS) is 11.0. The standard InChI is InChI=1S/2C15H18ClN3O7.C6H3ClN2O4/c2*1-3-25-12(20)6-5-11(15(22)26-4-2)18-14(21)13-10(16)7-9(8-17-13)19(23)24;7-4-1-3(9(12)13)2-8-5(4)6(10)11/h2*7-8,11H,3-6H2,1-2H3,(H,18,21);1-2H,(H,10,11)/t2*11-;/m00./s1. The van der Waals surface area contributed by atoms with Crippen LogP contribution in [0.2, 0.25) is 15.1 Å². The number of aromatic nitrogens is 3. The molecule has 0 radical (unpaired) electrons. The molecule has 0 aliphatic carbocycles. The van der Waals surface area contributed by atoms with Crippen molar-refractivity contribution in [2.45, 2.75) is 65.5 Å². The van der Waals surface area contributed by atoms with E-state index in [2.05, 4.69) is 25.6 Å². The summed E-state index contributed by atoms with van der Waals surface area (Å²) >= 11 is 17.1. The van der Waals surface area contributed by atoms with Gasteiger partial charge < -0.3 is 34.7 Å². The van der Waals surface area contributed by atoms with Gasteiger partial charge in [-0.1, -0.05) is 34.8 Å². The van der Waals surface area contributed by atoms with Crippen LogP contribution in [0.5, 0.6) is 0 Å². The Bertz CT molecular complexity index is 2130. The van der Waals surface area contributed by atoms with Gasteiger partial charge in [0.05, 0.1) is 56.3 Å². The van der Waals surface area contributed by atoms with Gasteiger partial charge >= 0.3 is 29.8 Å². The van der Waals surface area contributed by atoms with Crippen molar-refractivity contribution in [3.8, 4) is 0 Å². The molecule has 3 rings (SSSR count). The van der Waals surface area contributed by atoms with Gasteiger partial charge in [-0.15, -0.1) is 0 Å². The van der Waals surface area contributed by atoms with Crippen molar-refractivity contribution >= 4 is 93.5 Å². The van der Waals surface area contributed by atoms with Crippen molar-refractivity contribution in [3.05, 3.63) is 99.3 Å². The van der Waals surface area contributed by atoms with E-state index in [1.165, 1.54) is 0 Å². The molecule has 0 spiro atoms. The molecule has 352 valence electrons. The summed E-state index contributed by atoms with van der Waals surface area (Å²) in [6.07, 6.45) is 2.27. The van der Waals surface area contributed by atoms with Crippen molar-refractivity contribution in [1.29, 1.82) is 0 Å². The lowest BCUT2D eigenvalue weighted by Crippen LogP contribution is -2.42. The Morgan fingerprint density at radius 2 is 0.862 bits per heavy atom. The SMILES string of the molecule is CCOC(=O)CC[C@H](NC(=O)c1ncc([N+](=O)[O-])cc1Cl)C(=O)OCC.CCOC(=O)CC[C@H](NC(=O)c1ncc([N+](=O)[O-])cc1Cl)C(=O)OCC.O=C(O)c1ncc([N+](=O)[O-])cc1Cl. The third kappa shape index (κ3) is 19.4. The summed E-state index contributed by atoms with van der Waals surface area (Å²) in [5.74, 6) is -5.49. The molecule has 0 bridgehead atoms. The highest BCUT2D eigenvalue weighted by Gasteiger charge is 2.28. The fourth-order valence-electron chi connectivity index (χ4n) is 4.50. The monoisotopic (exact) mass is 976 g/mol. The van der Waals surface area contributed by atoms with Gasteiger partial charge in [0.1, 0.15) is 42.1 Å². The van der Waals surface area contributed by atoms with E-state index in [9.17, 15) is 63.9 Å². The fourth-order valence-corrected chi connectivity index (χ4v) is 5.24. The number of esters is 4. The number of carbonyl (C=O) groups excluding carboxylic acids is 6. The number of amides is 2. The summed E-state index contributed by atoms with van der Waals surface area (Å²) in [6, 6.07) is 0.640. The van der Waals surface area contributed by atoms with Crippen LogP contribution >= 0.6 is 34.8 Å². The second kappa shape index (κ2) is 28.5. The van der Waals surface area contributed by atoms with Crippen LogP contribution in [-0.4, -0.2) is 115 Å². The van der Waals surface area contributed by atoms with Gasteiger partial charge in [-0.3, -0.25) is 49.5 Å². The highest BCUT2D eigenvalue weighted by molar-refractivity contribution is 6.34. The van der Waals surface area contributed by atoms with Gasteiger partial charge in [-0.2, -0.15) is 0 Å². The topological polar surface area (TPSA) is 369 Å². The average molecular weight is 978 g/mol. The largest absolute Gasteiger partial charge is 0.476 e. The summed E-state index contributed by atoms with van der Waals surface area (Å²) in [6.45, 7) is 7.03. The number of halogens is 3. The first-order valence-corrected chi connectivity index (χ1v) is 19.6. The smallest absolute Gasteiger partial charge is 0.356 e. The summed E-state index contributed by atoms with van der Waals surface area (Å²) in [5.41, 5.74) is -2.07. The van der Waals surface area contributed by atoms with Crippen LogP contribution in [0.15, 0.2) is 36.8 Å². The van der Waals surface area contributed by atoms with Crippen molar-refractivity contribution < 1.29 is 72.4 Å². The lowest BCUT2D eigenvalue weighted by atomic mass is 10.1. The van der Waals surface area contributed by atoms with Gasteiger partial charge in [0.25, 0.3) is 28.9 Å². The summed E-state index contributed by atoms with van der Waals surface area (Å²) in [7, 11) is 0. The van der Waals surface area contributed by atoms with Gasteiger partial charge in [-0.05, 0) is 40.5 Å². The minimum absolute atomic E-state index is 0.0476. The lowest BCUT2D eigenvalue weighted by Gasteiger charge is -2.17. The maximum absolute atomic E-state index is 12.3. The number of nitro groups is 3. The number of hydrogen-bond acceptors (Lipinski definition) is 20. The van der Waals surface area contributed by atoms with Crippen molar-refractivity contribution in [1.82, 2.24) is 25.6 Å². The van der Waals surface area contributed by atoms with Crippen LogP contribution in [0.3, 0.4) is 0 Å². The van der Waals surface area contributed by atoms with Crippen molar-refractivity contribution in [2.24, 2.45) is 0 Å². The molecule has 2 amide bonds. The number of pyridine rings is 3. The molecule has 0 aromatic carbocycles. The maximum atomic E-state index is 12.3. The minimum Gasteiger partial charge on any atom is -0.476 e. The number of aromatic carboxylic acids is 1. The molecule has 3 aromatic heterocycles. The molecule has 0 fully saturated rings. The van der Waals surface area contributed by atoms with Gasteiger partial charge in [-0.25, -0.2) is 29.3 Å². The number of nitrogens with zero attached hydrogens (tertiary/aromatic N) is 6. The highest BCUT2D eigenvalue weighted by Crippen LogP contribution is 2.22. The van der Waals surface area contributed by atoms with Crippen LogP contribution in [0.1, 0.15) is 84.8 Å². The molecule has 3 aromatic rings. The molecule has 3 heterocycles. The fraction of sp³-hybridized carbons (Fsp3) is 0.389. The number of ether oxygens (including phenoxy) is 4. The molecule has 0 saturated heterocycles. The zero-order valence-corrected chi connectivity index (χ0v) is 36.7. The molecular weight excluding hydrogens is 939 g/mol. The molecule has 65 heavy (non-hydrogen) atoms. The summed E-state index contributed by atoms with van der Waals surface area (Å²) in [5, 5.41) is 44.0. The molecule has 29 heteroatoms. The lowest BCUT2D eigenvalue weighted by molar-refractivity contribution is -0.385. The predicted octanol–water partition coefficient (Wildman–Crippen LogP) is 4.64. The third-order valence-electron chi connectivity index (χ3n) is 7.38. The van der Waals surface area contributed by atoms with Crippen LogP contribution in [0.25, 0.3) is 0 Å². The van der Waals surface area contributed by atoms with E-state index in [1.807, 2.05) is 0 Å². The van der Waals surface area contributed by atoms with Gasteiger partial charge in [0, 0.05) is 31.0 Å². The predicted molar refractivity (Wildman–Crippen MR) is 222 cm³/mol. The maximum Gasteiger partial charge on any atom is 0.356 e. The first kappa shape index (κ1) is 55.8. The number of carboxylic acid groups (broad SMARTS) is 1. The number of hydrogen-bond donors (Lipinski definition) is 3. The van der Waals surface area contributed by atoms with Crippen LogP contribution in [-0.2, 0) is 38.1 Å². The van der Waals surface area contributed by atoms with Crippen molar-refractivity contribution in [2.75, 3.05) is 26.4 Å². The minimum atomic E-state index is -1.32. The number of carbonyl (C=O) groups is 7. The first-order chi connectivity index (χ1) is 30.6. The second-order valence-corrected chi connectivity index (χ2v) is 13.1. The first-order valence-electron chi connectivity index (χ1n) is 18.5. The van der Waals surface area contributed by atoms with Crippen LogP contribution in [0.4, 0.5) is 17.1 Å². The zero-order valence-electron chi connectivity index (χ0n) is 34.5. The summed E-state index contributed by atoms with van der Waals surface area (Å²) < 4.78 is 19.3. The average Bonchev–Trinajstić information content (AvgIpc) is 3.24. The Labute approximate surface area is 381 Å². The van der Waals surface area contributed by atoms with Gasteiger partial charge in [0.15, 0.2) is 5.69 Å². The van der Waals surface area contributed by atoms with E-state index in [0.717, 1.165) is 36.8 Å². The number of nitrogens with one attached hydrogen (secondary N) is 2. The molecule has 2 atom stereocenters. The Hall–Kier alpha value is -7.19. The molecular formula is C36H39Cl3N8O18. The number of carboxylic acids is 1. The van der Waals surface area contributed by atoms with Crippen molar-refractivity contribution in [3.63, 3.8) is 0 Å². The second-order valence-electron chi connectivity index (χ2n) is 11.9. The Kier molecular flexibility index (Phi) is 24.5. The Morgan fingerprint density at radius 3 is 1.11 bits per heavy atom. The van der Waals surface area contributed by atoms with Gasteiger partial charge in [0.2, 0.25) is 0 Å². The molecule has 26 nitrogen and oxygen atoms in total. The van der Waals surface area contributed by atoms with E-state index < -0.39 is 74.2 Å². The zero-order chi connectivity index (χ0) is 49.4. The van der Waals surface area contributed by atoms with E-state index in [1.54, 1.807) is 27.7 Å².